The second-order valence-corrected chi connectivity index (χ2v) is 6.63. The summed E-state index contributed by atoms with van der Waals surface area (Å²) in [7, 11) is 1.69. The SMILES string of the molecule is CCNC(=NCc1cccc(COC)c1)NCCc1c[nH]c2ccc(F)cc12. The Morgan fingerprint density at radius 3 is 2.82 bits per heavy atom. The van der Waals surface area contributed by atoms with Crippen molar-refractivity contribution in [2.75, 3.05) is 20.2 Å². The van der Waals surface area contributed by atoms with Gasteiger partial charge in [-0.25, -0.2) is 9.38 Å². The van der Waals surface area contributed by atoms with Crippen LogP contribution in [0.25, 0.3) is 10.9 Å². The van der Waals surface area contributed by atoms with Crippen molar-refractivity contribution in [3.63, 3.8) is 0 Å². The molecule has 0 aliphatic rings. The van der Waals surface area contributed by atoms with E-state index >= 15 is 0 Å². The minimum Gasteiger partial charge on any atom is -0.380 e. The van der Waals surface area contributed by atoms with E-state index in [4.69, 9.17) is 4.74 Å². The quantitative estimate of drug-likeness (QED) is 0.411. The molecular formula is C22H27FN4O. The van der Waals surface area contributed by atoms with Crippen LogP contribution in [0.1, 0.15) is 23.6 Å². The lowest BCUT2D eigenvalue weighted by molar-refractivity contribution is 0.185. The van der Waals surface area contributed by atoms with Gasteiger partial charge in [0.25, 0.3) is 0 Å². The molecule has 0 fully saturated rings. The molecule has 0 bridgehead atoms. The standard InChI is InChI=1S/C22H27FN4O/c1-3-24-22(27-13-16-5-4-6-17(11-16)15-28-2)25-10-9-18-14-26-21-8-7-19(23)12-20(18)21/h4-8,11-12,14,26H,3,9-10,13,15H2,1-2H3,(H2,24,25,27). The Labute approximate surface area is 165 Å². The molecular weight excluding hydrogens is 355 g/mol. The van der Waals surface area contributed by atoms with Gasteiger partial charge in [-0.1, -0.05) is 24.3 Å². The highest BCUT2D eigenvalue weighted by Gasteiger charge is 2.05. The molecule has 0 saturated carbocycles. The fourth-order valence-corrected chi connectivity index (χ4v) is 3.17. The van der Waals surface area contributed by atoms with Gasteiger partial charge in [0.1, 0.15) is 5.82 Å². The van der Waals surface area contributed by atoms with E-state index in [9.17, 15) is 4.39 Å². The number of hydrogen-bond donors (Lipinski definition) is 3. The normalized spacial score (nSPS) is 11.8. The lowest BCUT2D eigenvalue weighted by Gasteiger charge is -2.11. The summed E-state index contributed by atoms with van der Waals surface area (Å²) in [6.45, 7) is 4.72. The number of aliphatic imine (C=N–C) groups is 1. The van der Waals surface area contributed by atoms with Crippen LogP contribution >= 0.6 is 0 Å². The molecule has 2 aromatic carbocycles. The molecule has 3 rings (SSSR count). The molecule has 6 heteroatoms. The van der Waals surface area contributed by atoms with Crippen molar-refractivity contribution in [3.05, 3.63) is 71.2 Å². The summed E-state index contributed by atoms with van der Waals surface area (Å²) in [6.07, 6.45) is 2.72. The van der Waals surface area contributed by atoms with E-state index in [1.54, 1.807) is 19.2 Å². The minimum atomic E-state index is -0.216. The third kappa shape index (κ3) is 5.33. The van der Waals surface area contributed by atoms with Crippen LogP contribution in [-0.2, 0) is 24.3 Å². The van der Waals surface area contributed by atoms with Crippen LogP contribution in [0.4, 0.5) is 4.39 Å². The zero-order chi connectivity index (χ0) is 19.8. The first-order valence-electron chi connectivity index (χ1n) is 9.54. The molecule has 0 unspecified atom stereocenters. The molecule has 5 nitrogen and oxygen atoms in total. The molecule has 148 valence electrons. The Kier molecular flexibility index (Phi) is 7.03. The van der Waals surface area contributed by atoms with E-state index in [2.05, 4.69) is 32.7 Å². The van der Waals surface area contributed by atoms with Gasteiger partial charge in [-0.2, -0.15) is 0 Å². The van der Waals surface area contributed by atoms with Gasteiger partial charge in [0.2, 0.25) is 0 Å². The number of fused-ring (bicyclic) bond motifs is 1. The topological polar surface area (TPSA) is 61.4 Å². The molecule has 1 heterocycles. The molecule has 3 aromatic rings. The van der Waals surface area contributed by atoms with Crippen LogP contribution in [0.3, 0.4) is 0 Å². The molecule has 0 radical (unpaired) electrons. The zero-order valence-electron chi connectivity index (χ0n) is 16.4. The molecule has 3 N–H and O–H groups in total. The minimum absolute atomic E-state index is 0.216. The molecule has 0 aliphatic carbocycles. The first kappa shape index (κ1) is 19.9. The molecule has 0 atom stereocenters. The maximum absolute atomic E-state index is 13.5. The molecule has 0 saturated heterocycles. The number of nitrogens with one attached hydrogen (secondary N) is 3. The molecule has 0 aliphatic heterocycles. The Bertz CT molecular complexity index is 935. The second kappa shape index (κ2) is 9.90. The van der Waals surface area contributed by atoms with Gasteiger partial charge in [-0.05, 0) is 48.2 Å². The number of hydrogen-bond acceptors (Lipinski definition) is 2. The predicted octanol–water partition coefficient (Wildman–Crippen LogP) is 3.75. The molecule has 0 amide bonds. The van der Waals surface area contributed by atoms with Crippen LogP contribution in [-0.4, -0.2) is 31.1 Å². The number of guanidine groups is 1. The summed E-state index contributed by atoms with van der Waals surface area (Å²) in [6, 6.07) is 13.1. The van der Waals surface area contributed by atoms with Crippen molar-refractivity contribution < 1.29 is 9.13 Å². The number of halogens is 1. The number of ether oxygens (including phenoxy) is 1. The van der Waals surface area contributed by atoms with Crippen LogP contribution in [0.15, 0.2) is 53.7 Å². The van der Waals surface area contributed by atoms with Gasteiger partial charge in [0.15, 0.2) is 5.96 Å². The average molecular weight is 382 g/mol. The van der Waals surface area contributed by atoms with Crippen LogP contribution in [0, 0.1) is 5.82 Å². The Balaban J connectivity index is 1.60. The van der Waals surface area contributed by atoms with E-state index < -0.39 is 0 Å². The van der Waals surface area contributed by atoms with Crippen LogP contribution in [0.2, 0.25) is 0 Å². The second-order valence-electron chi connectivity index (χ2n) is 6.63. The summed E-state index contributed by atoms with van der Waals surface area (Å²) < 4.78 is 18.7. The molecule has 0 spiro atoms. The van der Waals surface area contributed by atoms with Crippen molar-refractivity contribution in [2.24, 2.45) is 4.99 Å². The summed E-state index contributed by atoms with van der Waals surface area (Å²) in [4.78, 5) is 7.86. The van der Waals surface area contributed by atoms with Gasteiger partial charge in [0, 0.05) is 37.3 Å². The van der Waals surface area contributed by atoms with Crippen molar-refractivity contribution in [1.29, 1.82) is 0 Å². The molecule has 28 heavy (non-hydrogen) atoms. The van der Waals surface area contributed by atoms with Gasteiger partial charge >= 0.3 is 0 Å². The number of H-pyrrole nitrogens is 1. The Morgan fingerprint density at radius 1 is 1.14 bits per heavy atom. The summed E-state index contributed by atoms with van der Waals surface area (Å²) in [5.41, 5.74) is 4.32. The summed E-state index contributed by atoms with van der Waals surface area (Å²) in [5, 5.41) is 7.55. The van der Waals surface area contributed by atoms with Crippen LogP contribution in [0.5, 0.6) is 0 Å². The van der Waals surface area contributed by atoms with Gasteiger partial charge in [0.05, 0.1) is 13.2 Å². The van der Waals surface area contributed by atoms with Crippen molar-refractivity contribution in [1.82, 2.24) is 15.6 Å². The smallest absolute Gasteiger partial charge is 0.191 e. The third-order valence-electron chi connectivity index (χ3n) is 4.48. The van der Waals surface area contributed by atoms with Gasteiger partial charge in [-0.3, -0.25) is 0 Å². The highest BCUT2D eigenvalue weighted by Crippen LogP contribution is 2.19. The largest absolute Gasteiger partial charge is 0.380 e. The van der Waals surface area contributed by atoms with E-state index in [0.29, 0.717) is 19.7 Å². The highest BCUT2D eigenvalue weighted by atomic mass is 19.1. The fourth-order valence-electron chi connectivity index (χ4n) is 3.17. The fraction of sp³-hybridized carbons (Fsp3) is 0.318. The number of rotatable bonds is 8. The van der Waals surface area contributed by atoms with Crippen LogP contribution < -0.4 is 10.6 Å². The first-order valence-corrected chi connectivity index (χ1v) is 9.54. The number of aromatic amines is 1. The monoisotopic (exact) mass is 382 g/mol. The Morgan fingerprint density at radius 2 is 2.00 bits per heavy atom. The average Bonchev–Trinajstić information content (AvgIpc) is 3.09. The number of benzene rings is 2. The summed E-state index contributed by atoms with van der Waals surface area (Å²) in [5.74, 6) is 0.553. The van der Waals surface area contributed by atoms with Crippen molar-refractivity contribution in [3.8, 4) is 0 Å². The predicted molar refractivity (Wildman–Crippen MR) is 112 cm³/mol. The van der Waals surface area contributed by atoms with E-state index in [-0.39, 0.29) is 5.82 Å². The lowest BCUT2D eigenvalue weighted by Crippen LogP contribution is -2.38. The van der Waals surface area contributed by atoms with Gasteiger partial charge < -0.3 is 20.4 Å². The maximum Gasteiger partial charge on any atom is 0.191 e. The number of nitrogens with zero attached hydrogens (tertiary/aromatic N) is 1. The third-order valence-corrected chi connectivity index (χ3v) is 4.48. The van der Waals surface area contributed by atoms with Crippen molar-refractivity contribution >= 4 is 16.9 Å². The summed E-state index contributed by atoms with van der Waals surface area (Å²) >= 11 is 0. The Hall–Kier alpha value is -2.86. The highest BCUT2D eigenvalue weighted by molar-refractivity contribution is 5.83. The van der Waals surface area contributed by atoms with E-state index in [0.717, 1.165) is 46.5 Å². The number of methoxy groups -OCH3 is 1. The molecule has 1 aromatic heterocycles. The lowest BCUT2D eigenvalue weighted by atomic mass is 10.1. The number of aromatic nitrogens is 1. The van der Waals surface area contributed by atoms with E-state index in [1.165, 1.54) is 6.07 Å². The maximum atomic E-state index is 13.5. The van der Waals surface area contributed by atoms with Gasteiger partial charge in [-0.15, -0.1) is 0 Å². The van der Waals surface area contributed by atoms with E-state index in [1.807, 2.05) is 25.3 Å². The zero-order valence-corrected chi connectivity index (χ0v) is 16.4. The van der Waals surface area contributed by atoms with Crippen molar-refractivity contribution in [2.45, 2.75) is 26.5 Å². The first-order chi connectivity index (χ1) is 13.7.